The number of carboxylic acids is 1. The smallest absolute Gasteiger partial charge is 0.336 e. The Morgan fingerprint density at radius 1 is 1.03 bits per heavy atom. The normalized spacial score (nSPS) is 12.0. The number of rotatable bonds is 10. The van der Waals surface area contributed by atoms with Gasteiger partial charge in [-0.1, -0.05) is 50.1 Å². The molecule has 2 N–H and O–H groups in total. The van der Waals surface area contributed by atoms with Crippen molar-refractivity contribution in [2.45, 2.75) is 45.8 Å². The molecule has 0 radical (unpaired) electrons. The lowest BCUT2D eigenvalue weighted by atomic mass is 9.92. The molecule has 1 atom stereocenters. The van der Waals surface area contributed by atoms with Crippen molar-refractivity contribution in [1.29, 1.82) is 0 Å². The van der Waals surface area contributed by atoms with Gasteiger partial charge in [-0.05, 0) is 65.4 Å². The van der Waals surface area contributed by atoms with Crippen LogP contribution in [0.15, 0.2) is 60.7 Å². The molecule has 168 valence electrons. The number of carbonyl (C=O) groups is 1. The minimum atomic E-state index is -0.993. The van der Waals surface area contributed by atoms with Gasteiger partial charge in [-0.15, -0.1) is 0 Å². The fraction of sp³-hybridized carbons (Fsp3) is 0.269. The molecule has 0 fully saturated rings. The molecule has 0 aliphatic carbocycles. The van der Waals surface area contributed by atoms with E-state index >= 15 is 0 Å². The average molecular weight is 440 g/mol. The van der Waals surface area contributed by atoms with E-state index in [0.717, 1.165) is 35.6 Å². The summed E-state index contributed by atoms with van der Waals surface area (Å²) in [6.07, 6.45) is 2.23. The SMILES string of the molecule is CCCCC(ONCc1cc(F)cc(F)c1)c1ccc(C(=O)O)c(-c2ccccc2C)c1. The predicted molar refractivity (Wildman–Crippen MR) is 120 cm³/mol. The summed E-state index contributed by atoms with van der Waals surface area (Å²) in [5.74, 6) is -2.28. The summed E-state index contributed by atoms with van der Waals surface area (Å²) in [6, 6.07) is 16.2. The lowest BCUT2D eigenvalue weighted by molar-refractivity contribution is -0.0356. The Balaban J connectivity index is 1.87. The maximum atomic E-state index is 13.4. The van der Waals surface area contributed by atoms with Crippen LogP contribution in [0.1, 0.15) is 59.3 Å². The molecule has 0 amide bonds. The molecule has 0 spiro atoms. The minimum absolute atomic E-state index is 0.134. The van der Waals surface area contributed by atoms with E-state index in [2.05, 4.69) is 12.4 Å². The summed E-state index contributed by atoms with van der Waals surface area (Å²) in [5.41, 5.74) is 6.76. The van der Waals surface area contributed by atoms with Crippen molar-refractivity contribution >= 4 is 5.97 Å². The highest BCUT2D eigenvalue weighted by atomic mass is 19.1. The Labute approximate surface area is 186 Å². The molecule has 1 unspecified atom stereocenters. The van der Waals surface area contributed by atoms with Crippen LogP contribution in [-0.2, 0) is 11.4 Å². The first-order valence-electron chi connectivity index (χ1n) is 10.7. The van der Waals surface area contributed by atoms with Crippen LogP contribution in [-0.4, -0.2) is 11.1 Å². The van der Waals surface area contributed by atoms with Gasteiger partial charge in [0.1, 0.15) is 17.7 Å². The van der Waals surface area contributed by atoms with Gasteiger partial charge in [0.15, 0.2) is 0 Å². The van der Waals surface area contributed by atoms with E-state index in [9.17, 15) is 18.7 Å². The standard InChI is InChI=1S/C26H27F2NO3/c1-3-4-9-25(32-29-16-18-12-20(27)15-21(28)13-18)19-10-11-23(26(30)31)24(14-19)22-8-6-5-7-17(22)2/h5-8,10-15,25,29H,3-4,9,16H2,1-2H3,(H,30,31). The molecule has 0 bridgehead atoms. The molecule has 0 saturated carbocycles. The summed E-state index contributed by atoms with van der Waals surface area (Å²) in [6.45, 7) is 4.15. The molecule has 0 aliphatic heterocycles. The molecule has 4 nitrogen and oxygen atoms in total. The van der Waals surface area contributed by atoms with Crippen LogP contribution in [0.5, 0.6) is 0 Å². The van der Waals surface area contributed by atoms with Gasteiger partial charge in [0.2, 0.25) is 0 Å². The lowest BCUT2D eigenvalue weighted by Crippen LogP contribution is -2.19. The maximum Gasteiger partial charge on any atom is 0.336 e. The van der Waals surface area contributed by atoms with E-state index in [1.165, 1.54) is 12.1 Å². The van der Waals surface area contributed by atoms with E-state index < -0.39 is 17.6 Å². The Morgan fingerprint density at radius 3 is 2.41 bits per heavy atom. The van der Waals surface area contributed by atoms with Gasteiger partial charge in [0.25, 0.3) is 0 Å². The number of hydrogen-bond acceptors (Lipinski definition) is 3. The highest BCUT2D eigenvalue weighted by molar-refractivity contribution is 5.96. The zero-order valence-corrected chi connectivity index (χ0v) is 18.2. The van der Waals surface area contributed by atoms with Gasteiger partial charge in [0, 0.05) is 12.6 Å². The van der Waals surface area contributed by atoms with Crippen LogP contribution in [0.25, 0.3) is 11.1 Å². The van der Waals surface area contributed by atoms with E-state index in [0.29, 0.717) is 17.5 Å². The van der Waals surface area contributed by atoms with Crippen molar-refractivity contribution in [2.24, 2.45) is 0 Å². The fourth-order valence-corrected chi connectivity index (χ4v) is 3.67. The third-order valence-electron chi connectivity index (χ3n) is 5.33. The van der Waals surface area contributed by atoms with Crippen molar-refractivity contribution in [1.82, 2.24) is 5.48 Å². The second-order valence-electron chi connectivity index (χ2n) is 7.77. The van der Waals surface area contributed by atoms with E-state index in [1.807, 2.05) is 37.3 Å². The molecular formula is C26H27F2NO3. The largest absolute Gasteiger partial charge is 0.478 e. The minimum Gasteiger partial charge on any atom is -0.478 e. The van der Waals surface area contributed by atoms with Crippen LogP contribution in [0.3, 0.4) is 0 Å². The molecule has 0 heterocycles. The summed E-state index contributed by atoms with van der Waals surface area (Å²) in [4.78, 5) is 17.7. The number of unbranched alkanes of at least 4 members (excludes halogenated alkanes) is 1. The third kappa shape index (κ3) is 5.99. The van der Waals surface area contributed by atoms with Gasteiger partial charge in [-0.25, -0.2) is 13.6 Å². The molecule has 3 aromatic rings. The fourth-order valence-electron chi connectivity index (χ4n) is 3.67. The first-order valence-corrected chi connectivity index (χ1v) is 10.7. The second kappa shape index (κ2) is 11.0. The van der Waals surface area contributed by atoms with E-state index in [-0.39, 0.29) is 18.2 Å². The Hall–Kier alpha value is -3.09. The summed E-state index contributed by atoms with van der Waals surface area (Å²) in [5, 5.41) is 9.70. The van der Waals surface area contributed by atoms with Crippen molar-refractivity contribution in [2.75, 3.05) is 0 Å². The molecule has 0 aliphatic rings. The van der Waals surface area contributed by atoms with Gasteiger partial charge in [0.05, 0.1) is 5.56 Å². The van der Waals surface area contributed by atoms with Gasteiger partial charge >= 0.3 is 5.97 Å². The molecule has 3 rings (SSSR count). The molecule has 0 aromatic heterocycles. The Morgan fingerprint density at radius 2 is 1.75 bits per heavy atom. The van der Waals surface area contributed by atoms with Crippen molar-refractivity contribution in [3.63, 3.8) is 0 Å². The zero-order valence-electron chi connectivity index (χ0n) is 18.2. The highest BCUT2D eigenvalue weighted by Crippen LogP contribution is 2.32. The third-order valence-corrected chi connectivity index (χ3v) is 5.33. The number of aromatic carboxylic acids is 1. The van der Waals surface area contributed by atoms with Gasteiger partial charge in [-0.2, -0.15) is 5.48 Å². The van der Waals surface area contributed by atoms with E-state index in [4.69, 9.17) is 4.84 Å². The summed E-state index contributed by atoms with van der Waals surface area (Å²) in [7, 11) is 0. The van der Waals surface area contributed by atoms with Crippen molar-refractivity contribution in [3.05, 3.63) is 94.6 Å². The first-order chi connectivity index (χ1) is 15.4. The molecule has 6 heteroatoms. The number of hydrogen-bond donors (Lipinski definition) is 2. The zero-order chi connectivity index (χ0) is 23.1. The molecule has 0 saturated heterocycles. The predicted octanol–water partition coefficient (Wildman–Crippen LogP) is 6.59. The Bertz CT molecular complexity index is 1060. The number of benzene rings is 3. The first kappa shape index (κ1) is 23.6. The average Bonchev–Trinajstić information content (AvgIpc) is 2.75. The lowest BCUT2D eigenvalue weighted by Gasteiger charge is -2.20. The van der Waals surface area contributed by atoms with Crippen LogP contribution < -0.4 is 5.48 Å². The van der Waals surface area contributed by atoms with Crippen molar-refractivity contribution in [3.8, 4) is 11.1 Å². The molecular weight excluding hydrogens is 412 g/mol. The Kier molecular flexibility index (Phi) is 8.09. The molecule has 3 aromatic carbocycles. The van der Waals surface area contributed by atoms with Crippen molar-refractivity contribution < 1.29 is 23.5 Å². The second-order valence-corrected chi connectivity index (χ2v) is 7.77. The van der Waals surface area contributed by atoms with Crippen LogP contribution in [0.2, 0.25) is 0 Å². The summed E-state index contributed by atoms with van der Waals surface area (Å²) < 4.78 is 26.9. The van der Waals surface area contributed by atoms with E-state index in [1.54, 1.807) is 12.1 Å². The number of nitrogens with one attached hydrogen (secondary N) is 1. The summed E-state index contributed by atoms with van der Waals surface area (Å²) >= 11 is 0. The van der Waals surface area contributed by atoms with Crippen LogP contribution >= 0.6 is 0 Å². The number of carboxylic acid groups (broad SMARTS) is 1. The van der Waals surface area contributed by atoms with Gasteiger partial charge in [-0.3, -0.25) is 4.84 Å². The number of hydroxylamine groups is 1. The quantitative estimate of drug-likeness (QED) is 0.350. The van der Waals surface area contributed by atoms with Crippen LogP contribution in [0.4, 0.5) is 8.78 Å². The number of aryl methyl sites for hydroxylation is 1. The van der Waals surface area contributed by atoms with Crippen LogP contribution in [0, 0.1) is 18.6 Å². The van der Waals surface area contributed by atoms with Gasteiger partial charge < -0.3 is 5.11 Å². The highest BCUT2D eigenvalue weighted by Gasteiger charge is 2.19. The number of halogens is 2. The topological polar surface area (TPSA) is 58.6 Å². The molecule has 32 heavy (non-hydrogen) atoms. The maximum absolute atomic E-state index is 13.4. The monoisotopic (exact) mass is 439 g/mol.